The molecular weight excluding hydrogens is 407 g/mol. The predicted molar refractivity (Wildman–Crippen MR) is 120 cm³/mol. The second-order valence-corrected chi connectivity index (χ2v) is 7.97. The van der Waals surface area contributed by atoms with E-state index < -0.39 is 0 Å². The quantitative estimate of drug-likeness (QED) is 0.502. The molecule has 0 bridgehead atoms. The van der Waals surface area contributed by atoms with Gasteiger partial charge in [0, 0.05) is 13.1 Å². The average Bonchev–Trinajstić information content (AvgIpc) is 3.21. The number of rotatable bonds is 5. The smallest absolute Gasteiger partial charge is 0.315 e. The van der Waals surface area contributed by atoms with E-state index in [9.17, 15) is 9.18 Å². The van der Waals surface area contributed by atoms with Crippen LogP contribution in [0.4, 0.5) is 9.18 Å². The number of hydrogen-bond acceptors (Lipinski definition) is 3. The fourth-order valence-corrected chi connectivity index (χ4v) is 3.97. The zero-order chi connectivity index (χ0) is 21.9. The summed E-state index contributed by atoms with van der Waals surface area (Å²) in [6, 6.07) is 20.2. The van der Waals surface area contributed by atoms with Crippen LogP contribution in [0.5, 0.6) is 5.75 Å². The molecule has 3 aromatic carbocycles. The number of imidazole rings is 1. The van der Waals surface area contributed by atoms with Gasteiger partial charge in [-0.05, 0) is 53.4 Å². The molecule has 1 aliphatic rings. The number of fused-ring (bicyclic) bond motifs is 2. The van der Waals surface area contributed by atoms with Gasteiger partial charge in [-0.3, -0.25) is 0 Å². The van der Waals surface area contributed by atoms with Crippen LogP contribution >= 0.6 is 0 Å². The van der Waals surface area contributed by atoms with Crippen LogP contribution in [-0.4, -0.2) is 28.2 Å². The number of hydrogen-bond donors (Lipinski definition) is 2. The molecule has 6 nitrogen and oxygen atoms in total. The third-order valence-corrected chi connectivity index (χ3v) is 5.62. The van der Waals surface area contributed by atoms with Crippen LogP contribution in [0.1, 0.15) is 16.7 Å². The topological polar surface area (TPSA) is 68.2 Å². The molecule has 5 rings (SSSR count). The maximum Gasteiger partial charge on any atom is 0.315 e. The number of carbonyl (C=O) groups excluding carboxylic acids is 1. The summed E-state index contributed by atoms with van der Waals surface area (Å²) < 4.78 is 21.2. The third kappa shape index (κ3) is 4.42. The fraction of sp³-hybridized carbons (Fsp3) is 0.200. The van der Waals surface area contributed by atoms with Gasteiger partial charge in [0.25, 0.3) is 0 Å². The SMILES string of the molecule is O=C(NCc1ccc(Cn2cnc3ccccc32)cc1)NC1COc2ccc(F)cc2C1. The van der Waals surface area contributed by atoms with Crippen molar-refractivity contribution in [1.29, 1.82) is 0 Å². The highest BCUT2D eigenvalue weighted by Gasteiger charge is 2.21. The molecule has 32 heavy (non-hydrogen) atoms. The van der Waals surface area contributed by atoms with E-state index in [1.165, 1.54) is 12.1 Å². The Morgan fingerprint density at radius 1 is 1.09 bits per heavy atom. The van der Waals surface area contributed by atoms with Crippen molar-refractivity contribution in [1.82, 2.24) is 20.2 Å². The first-order valence-corrected chi connectivity index (χ1v) is 10.6. The van der Waals surface area contributed by atoms with Crippen LogP contribution in [0, 0.1) is 5.82 Å². The highest BCUT2D eigenvalue weighted by molar-refractivity contribution is 5.75. The maximum atomic E-state index is 13.4. The summed E-state index contributed by atoms with van der Waals surface area (Å²) in [5.74, 6) is 0.371. The summed E-state index contributed by atoms with van der Waals surface area (Å²) in [6.07, 6.45) is 2.39. The molecule has 162 valence electrons. The normalized spacial score (nSPS) is 15.1. The van der Waals surface area contributed by atoms with Crippen molar-refractivity contribution in [2.45, 2.75) is 25.6 Å². The minimum atomic E-state index is -0.304. The lowest BCUT2D eigenvalue weighted by Crippen LogP contribution is -2.47. The number of benzene rings is 3. The molecule has 0 saturated carbocycles. The zero-order valence-corrected chi connectivity index (χ0v) is 17.4. The maximum absolute atomic E-state index is 13.4. The number of urea groups is 1. The number of nitrogens with zero attached hydrogens (tertiary/aromatic N) is 2. The van der Waals surface area contributed by atoms with Gasteiger partial charge in [0.05, 0.1) is 23.4 Å². The van der Waals surface area contributed by atoms with Crippen molar-refractivity contribution >= 4 is 17.1 Å². The van der Waals surface area contributed by atoms with Gasteiger partial charge in [-0.2, -0.15) is 0 Å². The van der Waals surface area contributed by atoms with Crippen LogP contribution in [0.3, 0.4) is 0 Å². The Labute approximate surface area is 185 Å². The Bertz CT molecular complexity index is 1250. The molecule has 0 spiro atoms. The number of carbonyl (C=O) groups is 1. The number of para-hydroxylation sites is 2. The van der Waals surface area contributed by atoms with Crippen molar-refractivity contribution in [2.75, 3.05) is 6.61 Å². The van der Waals surface area contributed by atoms with Gasteiger partial charge in [-0.15, -0.1) is 0 Å². The van der Waals surface area contributed by atoms with E-state index in [2.05, 4.69) is 38.4 Å². The summed E-state index contributed by atoms with van der Waals surface area (Å²) in [5, 5.41) is 5.78. The summed E-state index contributed by atoms with van der Waals surface area (Å²) in [5.41, 5.74) is 5.02. The standard InChI is InChI=1S/C25H23FN4O2/c26-20-9-10-24-19(11-20)12-21(15-32-24)29-25(31)27-13-17-5-7-18(8-6-17)14-30-16-28-22-3-1-2-4-23(22)30/h1-11,16,21H,12-15H2,(H2,27,29,31). The highest BCUT2D eigenvalue weighted by Crippen LogP contribution is 2.25. The minimum absolute atomic E-state index is 0.198. The van der Waals surface area contributed by atoms with Crippen LogP contribution in [0.15, 0.2) is 73.1 Å². The molecule has 7 heteroatoms. The molecule has 2 heterocycles. The molecule has 0 fully saturated rings. The Kier molecular flexibility index (Phi) is 5.46. The molecule has 2 amide bonds. The van der Waals surface area contributed by atoms with Crippen LogP contribution in [0.2, 0.25) is 0 Å². The lowest BCUT2D eigenvalue weighted by Gasteiger charge is -2.26. The average molecular weight is 430 g/mol. The number of ether oxygens (including phenoxy) is 1. The van der Waals surface area contributed by atoms with Crippen molar-refractivity contribution in [3.8, 4) is 5.75 Å². The number of halogens is 1. The van der Waals surface area contributed by atoms with Crippen LogP contribution in [0.25, 0.3) is 11.0 Å². The summed E-state index contributed by atoms with van der Waals surface area (Å²) in [6.45, 7) is 1.51. The predicted octanol–water partition coefficient (Wildman–Crippen LogP) is 4.03. The summed E-state index contributed by atoms with van der Waals surface area (Å²) in [4.78, 5) is 16.7. The lowest BCUT2D eigenvalue weighted by molar-refractivity contribution is 0.214. The molecule has 1 aromatic heterocycles. The Morgan fingerprint density at radius 3 is 2.78 bits per heavy atom. The fourth-order valence-electron chi connectivity index (χ4n) is 3.97. The molecule has 0 saturated heterocycles. The van der Waals surface area contributed by atoms with Gasteiger partial charge >= 0.3 is 6.03 Å². The molecule has 0 radical (unpaired) electrons. The van der Waals surface area contributed by atoms with E-state index in [1.807, 2.05) is 36.7 Å². The number of amides is 2. The highest BCUT2D eigenvalue weighted by atomic mass is 19.1. The largest absolute Gasteiger partial charge is 0.491 e. The zero-order valence-electron chi connectivity index (χ0n) is 17.4. The monoisotopic (exact) mass is 430 g/mol. The first-order valence-electron chi connectivity index (χ1n) is 10.6. The number of aromatic nitrogens is 2. The molecule has 1 unspecified atom stereocenters. The van der Waals surface area contributed by atoms with E-state index in [4.69, 9.17) is 4.74 Å². The number of nitrogens with one attached hydrogen (secondary N) is 2. The first-order chi connectivity index (χ1) is 15.6. The van der Waals surface area contributed by atoms with Crippen LogP contribution in [-0.2, 0) is 19.5 Å². The third-order valence-electron chi connectivity index (χ3n) is 5.62. The van der Waals surface area contributed by atoms with E-state index >= 15 is 0 Å². The van der Waals surface area contributed by atoms with Crippen LogP contribution < -0.4 is 15.4 Å². The van der Waals surface area contributed by atoms with Gasteiger partial charge in [0.2, 0.25) is 0 Å². The lowest BCUT2D eigenvalue weighted by atomic mass is 10.0. The Morgan fingerprint density at radius 2 is 1.91 bits per heavy atom. The summed E-state index contributed by atoms with van der Waals surface area (Å²) >= 11 is 0. The molecule has 2 N–H and O–H groups in total. The van der Waals surface area contributed by atoms with E-state index in [1.54, 1.807) is 6.07 Å². The van der Waals surface area contributed by atoms with E-state index in [-0.39, 0.29) is 17.9 Å². The Balaban J connectivity index is 1.13. The van der Waals surface area contributed by atoms with E-state index in [0.717, 1.165) is 34.3 Å². The van der Waals surface area contributed by atoms with Crippen molar-refractivity contribution in [2.24, 2.45) is 0 Å². The molecule has 0 aliphatic carbocycles. The van der Waals surface area contributed by atoms with Crippen molar-refractivity contribution in [3.05, 3.63) is 95.6 Å². The summed E-state index contributed by atoms with van der Waals surface area (Å²) in [7, 11) is 0. The minimum Gasteiger partial charge on any atom is -0.491 e. The van der Waals surface area contributed by atoms with Crippen molar-refractivity contribution < 1.29 is 13.9 Å². The van der Waals surface area contributed by atoms with Crippen molar-refractivity contribution in [3.63, 3.8) is 0 Å². The molecule has 1 aliphatic heterocycles. The second-order valence-electron chi connectivity index (χ2n) is 7.97. The first kappa shape index (κ1) is 20.1. The molecule has 1 atom stereocenters. The second kappa shape index (κ2) is 8.70. The van der Waals surface area contributed by atoms with Gasteiger partial charge in [0.15, 0.2) is 0 Å². The Hall–Kier alpha value is -3.87. The molecular formula is C25H23FN4O2. The molecule has 4 aromatic rings. The van der Waals surface area contributed by atoms with Gasteiger partial charge in [-0.1, -0.05) is 36.4 Å². The van der Waals surface area contributed by atoms with E-state index in [0.29, 0.717) is 25.3 Å². The van der Waals surface area contributed by atoms with Gasteiger partial charge < -0.3 is 19.9 Å². The van der Waals surface area contributed by atoms with Gasteiger partial charge in [-0.25, -0.2) is 14.2 Å². The van der Waals surface area contributed by atoms with Gasteiger partial charge in [0.1, 0.15) is 18.2 Å².